The van der Waals surface area contributed by atoms with Gasteiger partial charge in [0.05, 0.1) is 16.6 Å². The van der Waals surface area contributed by atoms with E-state index in [4.69, 9.17) is 5.84 Å². The Hall–Kier alpha value is -0.820. The van der Waals surface area contributed by atoms with Crippen molar-refractivity contribution in [2.24, 2.45) is 5.84 Å². The molecule has 2 aromatic rings. The van der Waals surface area contributed by atoms with Crippen LogP contribution in [0, 0.1) is 0 Å². The molecule has 0 saturated heterocycles. The number of hydrazine groups is 1. The molecule has 2 aromatic heterocycles. The van der Waals surface area contributed by atoms with Crippen molar-refractivity contribution in [2.45, 2.75) is 25.8 Å². The van der Waals surface area contributed by atoms with Crippen LogP contribution in [0.3, 0.4) is 0 Å². The molecule has 0 spiro atoms. The number of hydrogen-bond acceptors (Lipinski definition) is 6. The van der Waals surface area contributed by atoms with Gasteiger partial charge in [-0.3, -0.25) is 5.84 Å². The minimum atomic E-state index is 0.0292. The van der Waals surface area contributed by atoms with Crippen LogP contribution >= 0.6 is 22.9 Å². The van der Waals surface area contributed by atoms with Gasteiger partial charge < -0.3 is 0 Å². The highest BCUT2D eigenvalue weighted by Crippen LogP contribution is 2.29. The minimum absolute atomic E-state index is 0.0292. The molecule has 1 unspecified atom stereocenters. The van der Waals surface area contributed by atoms with Crippen molar-refractivity contribution in [2.75, 3.05) is 0 Å². The molecule has 0 aliphatic rings. The fourth-order valence-corrected chi connectivity index (χ4v) is 3.23. The molecular formula is C10H14N4S2. The summed E-state index contributed by atoms with van der Waals surface area (Å²) in [6.45, 7) is 2.14. The fourth-order valence-electron chi connectivity index (χ4n) is 1.59. The maximum Gasteiger partial charge on any atom is 0.0929 e. The fraction of sp³-hybridized carbons (Fsp3) is 0.400. The van der Waals surface area contributed by atoms with Crippen LogP contribution in [0.5, 0.6) is 0 Å². The molecule has 0 aromatic carbocycles. The van der Waals surface area contributed by atoms with Gasteiger partial charge in [-0.25, -0.2) is 5.43 Å². The lowest BCUT2D eigenvalue weighted by atomic mass is 10.1. The van der Waals surface area contributed by atoms with E-state index in [0.29, 0.717) is 0 Å². The predicted octanol–water partition coefficient (Wildman–Crippen LogP) is 2.10. The second-order valence-electron chi connectivity index (χ2n) is 3.45. The molecule has 0 aliphatic carbocycles. The summed E-state index contributed by atoms with van der Waals surface area (Å²) in [6.07, 6.45) is 2.02. The number of aryl methyl sites for hydroxylation is 1. The zero-order valence-corrected chi connectivity index (χ0v) is 10.6. The summed E-state index contributed by atoms with van der Waals surface area (Å²) in [7, 11) is 0. The van der Waals surface area contributed by atoms with Gasteiger partial charge in [-0.1, -0.05) is 23.9 Å². The number of rotatable bonds is 5. The summed E-state index contributed by atoms with van der Waals surface area (Å²) >= 11 is 3.11. The maximum absolute atomic E-state index is 5.63. The topological polar surface area (TPSA) is 63.8 Å². The van der Waals surface area contributed by atoms with Gasteiger partial charge in [0.2, 0.25) is 0 Å². The molecule has 0 amide bonds. The molecule has 3 N–H and O–H groups in total. The van der Waals surface area contributed by atoms with E-state index in [1.54, 1.807) is 11.3 Å². The van der Waals surface area contributed by atoms with Crippen molar-refractivity contribution in [3.63, 3.8) is 0 Å². The van der Waals surface area contributed by atoms with Gasteiger partial charge in [-0.05, 0) is 29.4 Å². The molecule has 86 valence electrons. The Morgan fingerprint density at radius 1 is 1.56 bits per heavy atom. The summed E-state index contributed by atoms with van der Waals surface area (Å²) < 4.78 is 4.02. The van der Waals surface area contributed by atoms with Gasteiger partial charge in [-0.15, -0.1) is 16.4 Å². The average molecular weight is 254 g/mol. The summed E-state index contributed by atoms with van der Waals surface area (Å²) in [5, 5.41) is 6.21. The van der Waals surface area contributed by atoms with Crippen molar-refractivity contribution in [1.29, 1.82) is 0 Å². The van der Waals surface area contributed by atoms with Crippen molar-refractivity contribution >= 4 is 22.9 Å². The van der Waals surface area contributed by atoms with Crippen molar-refractivity contribution in [1.82, 2.24) is 15.0 Å². The highest BCUT2D eigenvalue weighted by molar-refractivity contribution is 7.10. The summed E-state index contributed by atoms with van der Waals surface area (Å²) in [5.41, 5.74) is 3.91. The average Bonchev–Trinajstić information content (AvgIpc) is 2.92. The first-order valence-corrected chi connectivity index (χ1v) is 6.82. The smallest absolute Gasteiger partial charge is 0.0929 e. The lowest BCUT2D eigenvalue weighted by molar-refractivity contribution is 0.646. The van der Waals surface area contributed by atoms with Crippen LogP contribution in [0.4, 0.5) is 0 Å². The van der Waals surface area contributed by atoms with Gasteiger partial charge in [0.25, 0.3) is 0 Å². The van der Waals surface area contributed by atoms with Gasteiger partial charge in [0.15, 0.2) is 0 Å². The number of nitrogens with zero attached hydrogens (tertiary/aromatic N) is 2. The molecule has 2 rings (SSSR count). The van der Waals surface area contributed by atoms with Crippen LogP contribution in [-0.2, 0) is 6.42 Å². The second kappa shape index (κ2) is 5.49. The lowest BCUT2D eigenvalue weighted by Gasteiger charge is -2.12. The van der Waals surface area contributed by atoms with Crippen molar-refractivity contribution < 1.29 is 0 Å². The van der Waals surface area contributed by atoms with Crippen molar-refractivity contribution in [3.8, 4) is 0 Å². The number of thiophene rings is 1. The van der Waals surface area contributed by atoms with Gasteiger partial charge in [-0.2, -0.15) is 0 Å². The third-order valence-corrected chi connectivity index (χ3v) is 4.10. The zero-order valence-electron chi connectivity index (χ0n) is 9.01. The largest absolute Gasteiger partial charge is 0.271 e. The maximum atomic E-state index is 5.63. The second-order valence-corrected chi connectivity index (χ2v) is 5.21. The molecule has 0 fully saturated rings. The number of aromatic nitrogens is 2. The normalized spacial score (nSPS) is 12.9. The molecule has 0 aliphatic heterocycles. The molecule has 6 heteroatoms. The molecule has 4 nitrogen and oxygen atoms in total. The molecule has 0 bridgehead atoms. The Balaban J connectivity index is 2.30. The first kappa shape index (κ1) is 11.7. The van der Waals surface area contributed by atoms with E-state index in [-0.39, 0.29) is 6.04 Å². The summed E-state index contributed by atoms with van der Waals surface area (Å²) in [6, 6.07) is 4.13. The molecule has 16 heavy (non-hydrogen) atoms. The van der Waals surface area contributed by atoms with E-state index in [2.05, 4.69) is 28.0 Å². The lowest BCUT2D eigenvalue weighted by Crippen LogP contribution is -2.28. The van der Waals surface area contributed by atoms with Gasteiger partial charge in [0, 0.05) is 4.88 Å². The van der Waals surface area contributed by atoms with E-state index < -0.39 is 0 Å². The van der Waals surface area contributed by atoms with Crippen LogP contribution in [0.1, 0.15) is 34.8 Å². The monoisotopic (exact) mass is 254 g/mol. The Bertz CT molecular complexity index is 424. The first-order valence-electron chi connectivity index (χ1n) is 5.17. The van der Waals surface area contributed by atoms with Crippen LogP contribution in [-0.4, -0.2) is 9.59 Å². The Kier molecular flexibility index (Phi) is 4.00. The van der Waals surface area contributed by atoms with Crippen LogP contribution < -0.4 is 11.3 Å². The van der Waals surface area contributed by atoms with Gasteiger partial charge >= 0.3 is 0 Å². The van der Waals surface area contributed by atoms with Crippen molar-refractivity contribution in [3.05, 3.63) is 33.0 Å². The Morgan fingerprint density at radius 2 is 2.44 bits per heavy atom. The standard InChI is InChI=1S/C10H14N4S2/c1-2-4-7-10(16-14-13-7)9(12-11)8-5-3-6-15-8/h3,5-6,9,12H,2,4,11H2,1H3. The van der Waals surface area contributed by atoms with E-state index in [1.165, 1.54) is 16.4 Å². The number of nitrogens with one attached hydrogen (secondary N) is 1. The van der Waals surface area contributed by atoms with E-state index in [0.717, 1.165) is 23.4 Å². The van der Waals surface area contributed by atoms with Crippen LogP contribution in [0.2, 0.25) is 0 Å². The minimum Gasteiger partial charge on any atom is -0.271 e. The molecule has 2 heterocycles. The Labute approximate surface area is 103 Å². The summed E-state index contributed by atoms with van der Waals surface area (Å²) in [4.78, 5) is 2.33. The SMILES string of the molecule is CCCc1nnsc1C(NN)c1cccs1. The first-order chi connectivity index (χ1) is 7.86. The zero-order chi connectivity index (χ0) is 11.4. The third kappa shape index (κ3) is 2.30. The van der Waals surface area contributed by atoms with E-state index >= 15 is 0 Å². The van der Waals surface area contributed by atoms with Crippen LogP contribution in [0.25, 0.3) is 0 Å². The van der Waals surface area contributed by atoms with Gasteiger partial charge in [0.1, 0.15) is 0 Å². The van der Waals surface area contributed by atoms with E-state index in [1.807, 2.05) is 11.4 Å². The molecule has 0 saturated carbocycles. The van der Waals surface area contributed by atoms with Crippen LogP contribution in [0.15, 0.2) is 17.5 Å². The molecule has 1 atom stereocenters. The van der Waals surface area contributed by atoms with E-state index in [9.17, 15) is 0 Å². The highest BCUT2D eigenvalue weighted by atomic mass is 32.1. The number of nitrogens with two attached hydrogens (primary N) is 1. The highest BCUT2D eigenvalue weighted by Gasteiger charge is 2.20. The third-order valence-electron chi connectivity index (χ3n) is 2.33. The predicted molar refractivity (Wildman–Crippen MR) is 67.4 cm³/mol. The number of hydrogen-bond donors (Lipinski definition) is 2. The molecule has 0 radical (unpaired) electrons. The Morgan fingerprint density at radius 3 is 3.06 bits per heavy atom. The molecular weight excluding hydrogens is 240 g/mol. The summed E-state index contributed by atoms with van der Waals surface area (Å²) in [5.74, 6) is 5.63. The quantitative estimate of drug-likeness (QED) is 0.633.